The van der Waals surface area contributed by atoms with Crippen LogP contribution in [0.2, 0.25) is 0 Å². The number of hydrogen-bond donors (Lipinski definition) is 1. The van der Waals surface area contributed by atoms with E-state index in [1.165, 1.54) is 12.1 Å². The van der Waals surface area contributed by atoms with Crippen LogP contribution in [0.3, 0.4) is 0 Å². The molecule has 3 heterocycles. The Labute approximate surface area is 200 Å². The van der Waals surface area contributed by atoms with Gasteiger partial charge in [-0.1, -0.05) is 24.0 Å². The predicted molar refractivity (Wildman–Crippen MR) is 124 cm³/mol. The Balaban J connectivity index is 1.30. The number of carbonyl (C=O) groups is 1. The number of alkyl halides is 3. The number of rotatable bonds is 3. The lowest BCUT2D eigenvalue weighted by Gasteiger charge is -2.25. The minimum absolute atomic E-state index is 0.0196. The van der Waals surface area contributed by atoms with E-state index < -0.39 is 11.7 Å². The van der Waals surface area contributed by atoms with E-state index in [0.717, 1.165) is 17.4 Å². The van der Waals surface area contributed by atoms with Gasteiger partial charge < -0.3 is 14.8 Å². The van der Waals surface area contributed by atoms with Crippen LogP contribution in [0.5, 0.6) is 17.2 Å². The quantitative estimate of drug-likeness (QED) is 0.476. The number of nitrogens with zero attached hydrogens (tertiary/aromatic N) is 1. The second-order valence-corrected chi connectivity index (χ2v) is 8.43. The summed E-state index contributed by atoms with van der Waals surface area (Å²) in [5, 5.41) is 3.11. The molecule has 8 heteroatoms. The van der Waals surface area contributed by atoms with Crippen LogP contribution in [-0.4, -0.2) is 23.9 Å². The maximum absolute atomic E-state index is 13.2. The van der Waals surface area contributed by atoms with E-state index in [-0.39, 0.29) is 17.3 Å². The van der Waals surface area contributed by atoms with Gasteiger partial charge in [-0.25, -0.2) is 4.98 Å². The fraction of sp³-hybridized carbons (Fsp3) is 0.259. The number of hydrogen-bond acceptors (Lipinski definition) is 5. The standard InChI is InChI=1S/C27H21F3N2O3/c28-27(29,30)21-7-2-1-5-18(21)6-3-4-17-14-19-15-20(8-9-23(19)34-16-17)35-24-11-13-32-26-25(24)22(33)10-12-31-26/h1-2,5,7-9,11,13,15,17H,4,10,12,14,16H2,(H,31,32). The predicted octanol–water partition coefficient (Wildman–Crippen LogP) is 5.88. The molecule has 3 aromatic rings. The second kappa shape index (κ2) is 9.34. The molecule has 0 fully saturated rings. The van der Waals surface area contributed by atoms with E-state index in [4.69, 9.17) is 9.47 Å². The van der Waals surface area contributed by atoms with Crippen molar-refractivity contribution in [3.63, 3.8) is 0 Å². The Kier molecular flexibility index (Phi) is 6.08. The number of ether oxygens (including phenoxy) is 2. The van der Waals surface area contributed by atoms with Gasteiger partial charge in [0.05, 0.1) is 12.2 Å². The molecule has 0 amide bonds. The highest BCUT2D eigenvalue weighted by Crippen LogP contribution is 2.36. The molecule has 0 aliphatic carbocycles. The molecule has 5 rings (SSSR count). The lowest BCUT2D eigenvalue weighted by molar-refractivity contribution is -0.137. The van der Waals surface area contributed by atoms with Crippen molar-refractivity contribution in [2.75, 3.05) is 18.5 Å². The molecule has 0 radical (unpaired) electrons. The van der Waals surface area contributed by atoms with Gasteiger partial charge in [-0.2, -0.15) is 13.2 Å². The summed E-state index contributed by atoms with van der Waals surface area (Å²) in [5.74, 6) is 7.83. The first-order valence-electron chi connectivity index (χ1n) is 11.2. The number of ketones is 1. The lowest BCUT2D eigenvalue weighted by Crippen LogP contribution is -2.20. The third kappa shape index (κ3) is 4.94. The van der Waals surface area contributed by atoms with Gasteiger partial charge in [0.2, 0.25) is 0 Å². The van der Waals surface area contributed by atoms with Gasteiger partial charge in [0.25, 0.3) is 0 Å². The molecule has 2 aliphatic rings. The Hall–Kier alpha value is -3.99. The van der Waals surface area contributed by atoms with Gasteiger partial charge >= 0.3 is 6.18 Å². The van der Waals surface area contributed by atoms with Crippen LogP contribution in [0.4, 0.5) is 19.0 Å². The minimum Gasteiger partial charge on any atom is -0.493 e. The molecular weight excluding hydrogens is 457 g/mol. The normalized spacial score (nSPS) is 16.7. The number of Topliss-reactive ketones (excluding diaryl/α,β-unsaturated/α-hetero) is 1. The Morgan fingerprint density at radius 3 is 2.89 bits per heavy atom. The largest absolute Gasteiger partial charge is 0.493 e. The van der Waals surface area contributed by atoms with Crippen molar-refractivity contribution in [3.05, 3.63) is 77.0 Å². The summed E-state index contributed by atoms with van der Waals surface area (Å²) in [6.45, 7) is 0.978. The maximum Gasteiger partial charge on any atom is 0.417 e. The zero-order chi connectivity index (χ0) is 24.4. The number of halogens is 3. The second-order valence-electron chi connectivity index (χ2n) is 8.43. The van der Waals surface area contributed by atoms with E-state index in [1.54, 1.807) is 24.4 Å². The highest BCUT2D eigenvalue weighted by molar-refractivity contribution is 6.04. The smallest absolute Gasteiger partial charge is 0.417 e. The van der Waals surface area contributed by atoms with E-state index in [9.17, 15) is 18.0 Å². The van der Waals surface area contributed by atoms with Crippen LogP contribution in [0.1, 0.15) is 39.9 Å². The van der Waals surface area contributed by atoms with E-state index in [2.05, 4.69) is 22.1 Å². The molecular formula is C27H21F3N2O3. The first-order valence-corrected chi connectivity index (χ1v) is 11.2. The number of pyridine rings is 1. The molecule has 0 saturated carbocycles. The van der Waals surface area contributed by atoms with Gasteiger partial charge in [-0.3, -0.25) is 4.79 Å². The van der Waals surface area contributed by atoms with Gasteiger partial charge in [0, 0.05) is 43.1 Å². The zero-order valence-electron chi connectivity index (χ0n) is 18.6. The molecule has 0 bridgehead atoms. The fourth-order valence-electron chi connectivity index (χ4n) is 4.24. The van der Waals surface area contributed by atoms with Crippen LogP contribution in [0.15, 0.2) is 54.7 Å². The molecule has 2 aromatic carbocycles. The van der Waals surface area contributed by atoms with Crippen LogP contribution in [0.25, 0.3) is 0 Å². The molecule has 0 saturated heterocycles. The van der Waals surface area contributed by atoms with Crippen molar-refractivity contribution in [1.82, 2.24) is 4.98 Å². The van der Waals surface area contributed by atoms with Crippen molar-refractivity contribution in [3.8, 4) is 29.1 Å². The molecule has 1 N–H and O–H groups in total. The van der Waals surface area contributed by atoms with Crippen LogP contribution >= 0.6 is 0 Å². The molecule has 5 nitrogen and oxygen atoms in total. The van der Waals surface area contributed by atoms with E-state index in [1.807, 2.05) is 12.1 Å². The first kappa shape index (κ1) is 22.8. The highest BCUT2D eigenvalue weighted by atomic mass is 19.4. The monoisotopic (exact) mass is 478 g/mol. The Morgan fingerprint density at radius 1 is 1.17 bits per heavy atom. The number of benzene rings is 2. The summed E-state index contributed by atoms with van der Waals surface area (Å²) in [7, 11) is 0. The van der Waals surface area contributed by atoms with E-state index >= 15 is 0 Å². The van der Waals surface area contributed by atoms with Crippen molar-refractivity contribution in [2.24, 2.45) is 5.92 Å². The van der Waals surface area contributed by atoms with Gasteiger partial charge in [-0.05, 0) is 42.3 Å². The number of fused-ring (bicyclic) bond motifs is 2. The molecule has 35 heavy (non-hydrogen) atoms. The zero-order valence-corrected chi connectivity index (χ0v) is 18.6. The lowest BCUT2D eigenvalue weighted by atomic mass is 9.94. The summed E-state index contributed by atoms with van der Waals surface area (Å²) < 4.78 is 51.4. The summed E-state index contributed by atoms with van der Waals surface area (Å²) in [6.07, 6.45) is -1.43. The van der Waals surface area contributed by atoms with Crippen molar-refractivity contribution >= 4 is 11.6 Å². The average Bonchev–Trinajstić information content (AvgIpc) is 2.84. The molecule has 0 spiro atoms. The third-order valence-electron chi connectivity index (χ3n) is 5.93. The van der Waals surface area contributed by atoms with Gasteiger partial charge in [-0.15, -0.1) is 0 Å². The fourth-order valence-corrected chi connectivity index (χ4v) is 4.24. The number of nitrogens with one attached hydrogen (secondary N) is 1. The third-order valence-corrected chi connectivity index (χ3v) is 5.93. The van der Waals surface area contributed by atoms with Crippen LogP contribution < -0.4 is 14.8 Å². The van der Waals surface area contributed by atoms with Crippen LogP contribution in [-0.2, 0) is 12.6 Å². The van der Waals surface area contributed by atoms with Gasteiger partial charge in [0.15, 0.2) is 5.78 Å². The number of carbonyl (C=O) groups excluding carboxylic acids is 1. The summed E-state index contributed by atoms with van der Waals surface area (Å²) in [5.41, 5.74) is 0.604. The molecule has 1 unspecified atom stereocenters. The van der Waals surface area contributed by atoms with Crippen molar-refractivity contribution in [1.29, 1.82) is 0 Å². The molecule has 1 aromatic heterocycles. The highest BCUT2D eigenvalue weighted by Gasteiger charge is 2.32. The summed E-state index contributed by atoms with van der Waals surface area (Å²) in [6, 6.07) is 12.4. The SMILES string of the molecule is O=C1CCNc2nccc(Oc3ccc4c(c3)CC(CC#Cc3ccccc3C(F)(F)F)CO4)c21. The summed E-state index contributed by atoms with van der Waals surface area (Å²) in [4.78, 5) is 16.6. The number of aromatic nitrogens is 1. The van der Waals surface area contributed by atoms with E-state index in [0.29, 0.717) is 55.3 Å². The molecule has 2 aliphatic heterocycles. The average molecular weight is 478 g/mol. The first-order chi connectivity index (χ1) is 16.9. The van der Waals surface area contributed by atoms with Crippen molar-refractivity contribution < 1.29 is 27.4 Å². The minimum atomic E-state index is -4.44. The Morgan fingerprint density at radius 2 is 2.03 bits per heavy atom. The Bertz CT molecular complexity index is 1340. The maximum atomic E-state index is 13.2. The topological polar surface area (TPSA) is 60.5 Å². The molecule has 1 atom stereocenters. The summed E-state index contributed by atoms with van der Waals surface area (Å²) >= 11 is 0. The van der Waals surface area contributed by atoms with Crippen LogP contribution in [0, 0.1) is 17.8 Å². The molecule has 178 valence electrons. The van der Waals surface area contributed by atoms with Crippen molar-refractivity contribution in [2.45, 2.75) is 25.4 Å². The van der Waals surface area contributed by atoms with Gasteiger partial charge in [0.1, 0.15) is 28.6 Å². The number of anilines is 1.